The number of hydrogen-bond donors (Lipinski definition) is 4. The highest BCUT2D eigenvalue weighted by Gasteiger charge is 2.40. The Morgan fingerprint density at radius 2 is 1.22 bits per heavy atom. The fourth-order valence-electron chi connectivity index (χ4n) is 4.51. The number of alkyl carbamates (subject to hydrolysis) is 2. The van der Waals surface area contributed by atoms with Crippen molar-refractivity contribution in [2.45, 2.75) is 77.7 Å². The number of oxazole rings is 2. The highest BCUT2D eigenvalue weighted by molar-refractivity contribution is 5.84. The number of rotatable bonds is 10. The van der Waals surface area contributed by atoms with Crippen molar-refractivity contribution in [3.05, 3.63) is 102 Å². The Balaban J connectivity index is 0.000000228. The second-order valence-corrected chi connectivity index (χ2v) is 14.4. The lowest BCUT2D eigenvalue weighted by Crippen LogP contribution is -2.38. The van der Waals surface area contributed by atoms with Crippen LogP contribution in [0.5, 0.6) is 0 Å². The van der Waals surface area contributed by atoms with Crippen LogP contribution in [0.15, 0.2) is 76.2 Å². The molecule has 0 fully saturated rings. The maximum atomic E-state index is 14.5. The Kier molecular flexibility index (Phi) is 14.9. The number of anilines is 1. The van der Waals surface area contributed by atoms with Gasteiger partial charge in [0.25, 0.3) is 11.8 Å². The van der Waals surface area contributed by atoms with Crippen molar-refractivity contribution in [1.29, 1.82) is 0 Å². The van der Waals surface area contributed by atoms with E-state index in [1.165, 1.54) is 67.4 Å². The van der Waals surface area contributed by atoms with Crippen LogP contribution in [0, 0.1) is 11.6 Å². The number of halogens is 6. The summed E-state index contributed by atoms with van der Waals surface area (Å²) in [6, 6.07) is 8.39. The van der Waals surface area contributed by atoms with E-state index >= 15 is 0 Å². The Labute approximate surface area is 338 Å². The molecular formula is C38H42F6N10O6. The van der Waals surface area contributed by atoms with Gasteiger partial charge >= 0.3 is 24.0 Å². The molecule has 0 bridgehead atoms. The van der Waals surface area contributed by atoms with Crippen molar-refractivity contribution in [2.24, 2.45) is 5.73 Å². The van der Waals surface area contributed by atoms with Gasteiger partial charge in [0.05, 0.1) is 37.2 Å². The number of ether oxygens (including phenoxy) is 2. The first-order valence-corrected chi connectivity index (χ1v) is 17.9. The third-order valence-corrected chi connectivity index (χ3v) is 7.12. The molecule has 2 amide bonds. The molecule has 0 aliphatic rings. The lowest BCUT2D eigenvalue weighted by atomic mass is 10.2. The van der Waals surface area contributed by atoms with Gasteiger partial charge in [0.1, 0.15) is 28.4 Å². The second kappa shape index (κ2) is 19.4. The predicted octanol–water partition coefficient (Wildman–Crippen LogP) is 7.50. The molecule has 0 saturated carbocycles. The zero-order chi connectivity index (χ0) is 44.3. The van der Waals surface area contributed by atoms with Gasteiger partial charge in [-0.2, -0.15) is 17.6 Å². The van der Waals surface area contributed by atoms with E-state index in [0.29, 0.717) is 5.69 Å². The quantitative estimate of drug-likeness (QED) is 0.0982. The van der Waals surface area contributed by atoms with Gasteiger partial charge < -0.3 is 40.0 Å². The van der Waals surface area contributed by atoms with Crippen LogP contribution in [0.2, 0.25) is 0 Å². The summed E-state index contributed by atoms with van der Waals surface area (Å²) in [6.07, 6.45) is 5.10. The van der Waals surface area contributed by atoms with Gasteiger partial charge in [-0.25, -0.2) is 33.3 Å². The van der Waals surface area contributed by atoms with Gasteiger partial charge in [-0.15, -0.1) is 0 Å². The Hall–Kier alpha value is -6.58. The first-order chi connectivity index (χ1) is 28.1. The van der Waals surface area contributed by atoms with Crippen LogP contribution in [0.25, 0.3) is 22.2 Å². The predicted molar refractivity (Wildman–Crippen MR) is 203 cm³/mol. The Morgan fingerprint density at radius 3 is 1.72 bits per heavy atom. The topological polar surface area (TPSA) is 218 Å². The maximum Gasteiger partial charge on any atom is 0.407 e. The fourth-order valence-corrected chi connectivity index (χ4v) is 4.51. The maximum absolute atomic E-state index is 14.5. The summed E-state index contributed by atoms with van der Waals surface area (Å²) in [5.74, 6) is -9.44. The minimum absolute atomic E-state index is 0.0302. The zero-order valence-electron chi connectivity index (χ0n) is 33.2. The highest BCUT2D eigenvalue weighted by Crippen LogP contribution is 2.32. The molecular weight excluding hydrogens is 806 g/mol. The van der Waals surface area contributed by atoms with E-state index in [2.05, 4.69) is 35.2 Å². The molecule has 6 aromatic heterocycles. The van der Waals surface area contributed by atoms with Crippen LogP contribution in [0.3, 0.4) is 0 Å². The first-order valence-electron chi connectivity index (χ1n) is 17.9. The molecule has 22 heteroatoms. The van der Waals surface area contributed by atoms with Gasteiger partial charge in [0.2, 0.25) is 0 Å². The average molecular weight is 849 g/mol. The highest BCUT2D eigenvalue weighted by atomic mass is 19.3. The largest absolute Gasteiger partial charge is 0.444 e. The van der Waals surface area contributed by atoms with Crippen molar-refractivity contribution in [1.82, 2.24) is 40.5 Å². The smallest absolute Gasteiger partial charge is 0.407 e. The molecule has 6 heterocycles. The van der Waals surface area contributed by atoms with Crippen LogP contribution in [-0.4, -0.2) is 66.4 Å². The summed E-state index contributed by atoms with van der Waals surface area (Å²) in [5.41, 5.74) is 4.54. The summed E-state index contributed by atoms with van der Waals surface area (Å²) >= 11 is 0. The molecule has 5 N–H and O–H groups in total. The molecule has 0 aromatic carbocycles. The number of hydrogen-bond acceptors (Lipinski definition) is 14. The van der Waals surface area contributed by atoms with Crippen LogP contribution in [0.4, 0.5) is 41.7 Å². The molecule has 6 aromatic rings. The molecule has 322 valence electrons. The molecule has 16 nitrogen and oxygen atoms in total. The normalized spacial score (nSPS) is 11.8. The molecule has 0 atom stereocenters. The molecule has 0 aliphatic heterocycles. The molecule has 0 unspecified atom stereocenters. The molecule has 0 spiro atoms. The van der Waals surface area contributed by atoms with Crippen molar-refractivity contribution >= 4 is 40.2 Å². The minimum atomic E-state index is -3.60. The van der Waals surface area contributed by atoms with E-state index < -0.39 is 65.9 Å². The molecule has 0 radical (unpaired) electrons. The Morgan fingerprint density at radius 1 is 0.700 bits per heavy atom. The van der Waals surface area contributed by atoms with E-state index in [4.69, 9.17) is 24.0 Å². The van der Waals surface area contributed by atoms with Gasteiger partial charge in [0.15, 0.2) is 22.5 Å². The van der Waals surface area contributed by atoms with Crippen molar-refractivity contribution in [2.75, 3.05) is 18.4 Å². The minimum Gasteiger partial charge on any atom is -0.444 e. The average Bonchev–Trinajstić information content (AvgIpc) is 3.82. The summed E-state index contributed by atoms with van der Waals surface area (Å²) in [7, 11) is 0. The van der Waals surface area contributed by atoms with Crippen LogP contribution >= 0.6 is 0 Å². The third-order valence-electron chi connectivity index (χ3n) is 7.12. The second-order valence-electron chi connectivity index (χ2n) is 14.4. The number of fused-ring (bicyclic) bond motifs is 2. The van der Waals surface area contributed by atoms with E-state index in [1.807, 2.05) is 10.6 Å². The lowest BCUT2D eigenvalue weighted by Gasteiger charge is -2.20. The van der Waals surface area contributed by atoms with E-state index in [1.54, 1.807) is 41.5 Å². The van der Waals surface area contributed by atoms with Crippen LogP contribution in [-0.2, 0) is 34.4 Å². The van der Waals surface area contributed by atoms with Crippen LogP contribution in [0.1, 0.15) is 64.7 Å². The lowest BCUT2D eigenvalue weighted by molar-refractivity contribution is -0.0312. The molecule has 0 saturated heterocycles. The summed E-state index contributed by atoms with van der Waals surface area (Å²) < 4.78 is 103. The number of alkyl halides is 4. The number of pyridine rings is 4. The van der Waals surface area contributed by atoms with Crippen molar-refractivity contribution in [3.8, 4) is 0 Å². The van der Waals surface area contributed by atoms with E-state index in [9.17, 15) is 35.9 Å². The van der Waals surface area contributed by atoms with Crippen LogP contribution < -0.4 is 21.7 Å². The first kappa shape index (κ1) is 46.1. The summed E-state index contributed by atoms with van der Waals surface area (Å²) in [5, 5.41) is 6.81. The summed E-state index contributed by atoms with van der Waals surface area (Å²) in [6.45, 7) is 7.85. The standard InChI is InChI=1S/C19H20F3N5O3.C13H15F2N3O3.C6H7FN2/c1-18(2,3)30-17(28)26-10-19(21,22)16-27-14-13(29-16)6-8-24-15(14)25-9-12-11(20)5-4-7-23-12;1-12(2,3)21-11(19)17-7-13(14,15)10-18-8-6-16-5-4-9(8)20-10;7-5-2-1-3-9-6(5)4-8/h4-8H,9-10H2,1-3H3,(H,24,25)(H,26,28);4-6H,7H2,1-3H3,(H,17,19);1-3H,4,8H2. The number of nitrogens with zero attached hydrogens (tertiary/aromatic N) is 6. The molecule has 6 rings (SSSR count). The van der Waals surface area contributed by atoms with E-state index in [0.717, 1.165) is 0 Å². The van der Waals surface area contributed by atoms with Gasteiger partial charge in [-0.05, 0) is 65.8 Å². The third kappa shape index (κ3) is 13.8. The van der Waals surface area contributed by atoms with Gasteiger partial charge in [-0.1, -0.05) is 0 Å². The number of carbonyl (C=O) groups excluding carboxylic acids is 2. The van der Waals surface area contributed by atoms with Gasteiger partial charge in [-0.3, -0.25) is 15.0 Å². The SMILES string of the molecule is CC(C)(C)OC(=O)NCC(F)(F)c1nc2c(NCc3ncccc3F)nccc2o1.CC(C)(C)OC(=O)NCC(F)(F)c1nc2cnccc2o1.NCc1ncccc1F. The van der Waals surface area contributed by atoms with Gasteiger partial charge in [0, 0.05) is 43.5 Å². The fraction of sp³-hybridized carbons (Fsp3) is 0.368. The number of aromatic nitrogens is 6. The number of nitrogens with one attached hydrogen (secondary N) is 3. The number of amides is 2. The molecule has 60 heavy (non-hydrogen) atoms. The number of nitrogens with two attached hydrogens (primary N) is 1. The van der Waals surface area contributed by atoms with E-state index in [-0.39, 0.29) is 52.6 Å². The monoisotopic (exact) mass is 848 g/mol. The van der Waals surface area contributed by atoms with Crippen molar-refractivity contribution < 1.29 is 54.2 Å². The summed E-state index contributed by atoms with van der Waals surface area (Å²) in [4.78, 5) is 45.9. The number of carbonyl (C=O) groups is 2. The Bertz CT molecular complexity index is 2330. The molecule has 0 aliphatic carbocycles. The van der Waals surface area contributed by atoms with Crippen molar-refractivity contribution in [3.63, 3.8) is 0 Å². The zero-order valence-corrected chi connectivity index (χ0v) is 33.2.